The van der Waals surface area contributed by atoms with Gasteiger partial charge in [-0.05, 0) is 42.3 Å². The first kappa shape index (κ1) is 23.1. The van der Waals surface area contributed by atoms with Gasteiger partial charge in [-0.3, -0.25) is 24.5 Å². The molecule has 3 N–H and O–H groups in total. The Morgan fingerprint density at radius 1 is 1.09 bits per heavy atom. The maximum Gasteiger partial charge on any atom is 0.325 e. The summed E-state index contributed by atoms with van der Waals surface area (Å²) < 4.78 is 11.2. The van der Waals surface area contributed by atoms with Crippen LogP contribution in [0, 0.1) is 18.8 Å². The average molecular weight is 501 g/mol. The molecule has 5 rings (SSSR count). The van der Waals surface area contributed by atoms with Crippen LogP contribution in [0.25, 0.3) is 0 Å². The number of halogens is 1. The topological polar surface area (TPSA) is 142 Å². The van der Waals surface area contributed by atoms with Gasteiger partial charge in [-0.25, -0.2) is 4.90 Å². The lowest BCUT2D eigenvalue weighted by molar-refractivity contribution is -0.154. The fraction of sp³-hybridized carbons (Fsp3) is 0.333. The van der Waals surface area contributed by atoms with Crippen molar-refractivity contribution in [2.24, 2.45) is 11.8 Å². The number of nitrogens with zero attached hydrogens (tertiary/aromatic N) is 1. The van der Waals surface area contributed by atoms with Crippen LogP contribution < -0.4 is 19.7 Å². The fourth-order valence-electron chi connectivity index (χ4n) is 5.19. The van der Waals surface area contributed by atoms with E-state index in [0.29, 0.717) is 35.3 Å². The highest BCUT2D eigenvalue weighted by Crippen LogP contribution is 2.52. The molecule has 3 heterocycles. The van der Waals surface area contributed by atoms with Crippen LogP contribution in [0.3, 0.4) is 0 Å². The molecule has 4 atom stereocenters. The number of carboxylic acid groups (broad SMARTS) is 2. The molecule has 2 aromatic rings. The van der Waals surface area contributed by atoms with Gasteiger partial charge in [-0.1, -0.05) is 23.7 Å². The summed E-state index contributed by atoms with van der Waals surface area (Å²) in [6, 6.07) is 8.58. The third-order valence-electron chi connectivity index (χ3n) is 6.80. The zero-order valence-corrected chi connectivity index (χ0v) is 19.2. The van der Waals surface area contributed by atoms with Crippen molar-refractivity contribution >= 4 is 41.0 Å². The van der Waals surface area contributed by atoms with Crippen molar-refractivity contribution in [1.29, 1.82) is 0 Å². The van der Waals surface area contributed by atoms with Crippen molar-refractivity contribution in [3.05, 3.63) is 52.5 Å². The minimum absolute atomic E-state index is 0.195. The van der Waals surface area contributed by atoms with Gasteiger partial charge in [0, 0.05) is 11.1 Å². The number of benzene rings is 2. The van der Waals surface area contributed by atoms with E-state index in [-0.39, 0.29) is 5.69 Å². The number of imide groups is 1. The Kier molecular flexibility index (Phi) is 5.45. The Hall–Kier alpha value is -3.63. The summed E-state index contributed by atoms with van der Waals surface area (Å²) in [4.78, 5) is 52.5. The van der Waals surface area contributed by atoms with E-state index in [0.717, 1.165) is 10.5 Å². The number of hydrogen-bond acceptors (Lipinski definition) is 7. The van der Waals surface area contributed by atoms with Crippen LogP contribution in [-0.2, 0) is 19.2 Å². The number of carbonyl (C=O) groups is 4. The number of aliphatic carboxylic acids is 2. The highest BCUT2D eigenvalue weighted by Gasteiger charge is 2.69. The summed E-state index contributed by atoms with van der Waals surface area (Å²) in [5, 5.41) is 22.9. The van der Waals surface area contributed by atoms with Crippen molar-refractivity contribution in [3.63, 3.8) is 0 Å². The summed E-state index contributed by atoms with van der Waals surface area (Å²) in [6.07, 6.45) is -0.897. The molecule has 2 saturated heterocycles. The van der Waals surface area contributed by atoms with E-state index in [1.54, 1.807) is 37.3 Å². The van der Waals surface area contributed by atoms with E-state index in [4.69, 9.17) is 21.1 Å². The predicted octanol–water partition coefficient (Wildman–Crippen LogP) is 2.17. The average Bonchev–Trinajstić information content (AvgIpc) is 3.29. The monoisotopic (exact) mass is 500 g/mol. The zero-order chi connectivity index (χ0) is 25.1. The highest BCUT2D eigenvalue weighted by molar-refractivity contribution is 6.32. The lowest BCUT2D eigenvalue weighted by atomic mass is 9.77. The number of amides is 2. The van der Waals surface area contributed by atoms with E-state index in [2.05, 4.69) is 5.32 Å². The molecule has 0 spiro atoms. The second-order valence-corrected chi connectivity index (χ2v) is 9.23. The van der Waals surface area contributed by atoms with Crippen molar-refractivity contribution in [1.82, 2.24) is 5.32 Å². The summed E-state index contributed by atoms with van der Waals surface area (Å²) in [7, 11) is 0. The van der Waals surface area contributed by atoms with Crippen LogP contribution in [0.4, 0.5) is 5.69 Å². The lowest BCUT2D eigenvalue weighted by Gasteiger charge is -2.30. The van der Waals surface area contributed by atoms with Crippen LogP contribution in [0.2, 0.25) is 5.02 Å². The molecule has 3 aliphatic heterocycles. The third kappa shape index (κ3) is 3.52. The SMILES string of the molecule is Cc1ccc(N2C(=O)C3C(c4ccc5c(c4)OCCO5)NC(CC(=O)O)(C(=O)O)C3C2=O)cc1Cl. The second-order valence-electron chi connectivity index (χ2n) is 8.82. The first-order valence-electron chi connectivity index (χ1n) is 10.9. The van der Waals surface area contributed by atoms with Gasteiger partial charge in [0.1, 0.15) is 18.8 Å². The minimum Gasteiger partial charge on any atom is -0.486 e. The Bertz CT molecular complexity index is 1280. The Labute approximate surface area is 204 Å². The molecule has 10 nitrogen and oxygen atoms in total. The number of fused-ring (bicyclic) bond motifs is 2. The van der Waals surface area contributed by atoms with Crippen molar-refractivity contribution in [3.8, 4) is 11.5 Å². The van der Waals surface area contributed by atoms with Gasteiger partial charge < -0.3 is 19.7 Å². The molecule has 0 aliphatic carbocycles. The first-order chi connectivity index (χ1) is 16.6. The zero-order valence-electron chi connectivity index (χ0n) is 18.5. The maximum absolute atomic E-state index is 13.7. The van der Waals surface area contributed by atoms with E-state index in [9.17, 15) is 29.4 Å². The second kappa shape index (κ2) is 8.24. The van der Waals surface area contributed by atoms with Crippen LogP contribution in [0.15, 0.2) is 36.4 Å². The summed E-state index contributed by atoms with van der Waals surface area (Å²) in [5.74, 6) is -6.09. The van der Waals surface area contributed by atoms with Crippen LogP contribution >= 0.6 is 11.6 Å². The molecule has 3 aliphatic rings. The normalized spacial score (nSPS) is 27.1. The van der Waals surface area contributed by atoms with Crippen molar-refractivity contribution in [2.75, 3.05) is 18.1 Å². The van der Waals surface area contributed by atoms with Crippen LogP contribution in [-0.4, -0.2) is 52.7 Å². The molecular formula is C24H21ClN2O8. The number of rotatable bonds is 5. The van der Waals surface area contributed by atoms with Gasteiger partial charge in [-0.15, -0.1) is 0 Å². The number of aryl methyl sites for hydroxylation is 1. The number of hydrogen-bond donors (Lipinski definition) is 3. The Balaban J connectivity index is 1.64. The number of nitrogens with one attached hydrogen (secondary N) is 1. The van der Waals surface area contributed by atoms with Gasteiger partial charge >= 0.3 is 11.9 Å². The van der Waals surface area contributed by atoms with Crippen molar-refractivity contribution < 1.29 is 38.9 Å². The van der Waals surface area contributed by atoms with E-state index < -0.39 is 53.6 Å². The molecule has 2 fully saturated rings. The molecule has 182 valence electrons. The van der Waals surface area contributed by atoms with Gasteiger partial charge in [-0.2, -0.15) is 0 Å². The number of carboxylic acids is 2. The third-order valence-corrected chi connectivity index (χ3v) is 7.21. The summed E-state index contributed by atoms with van der Waals surface area (Å²) in [6.45, 7) is 2.46. The van der Waals surface area contributed by atoms with Gasteiger partial charge in [0.15, 0.2) is 11.5 Å². The fourth-order valence-corrected chi connectivity index (χ4v) is 5.37. The maximum atomic E-state index is 13.7. The number of carbonyl (C=O) groups excluding carboxylic acids is 2. The van der Waals surface area contributed by atoms with Crippen molar-refractivity contribution in [2.45, 2.75) is 24.9 Å². The quantitative estimate of drug-likeness (QED) is 0.526. The minimum atomic E-state index is -2.20. The van der Waals surface area contributed by atoms with E-state index in [1.807, 2.05) is 0 Å². The number of ether oxygens (including phenoxy) is 2. The molecule has 4 unspecified atom stereocenters. The smallest absolute Gasteiger partial charge is 0.325 e. The van der Waals surface area contributed by atoms with Crippen LogP contribution in [0.5, 0.6) is 11.5 Å². The number of anilines is 1. The molecule has 35 heavy (non-hydrogen) atoms. The van der Waals surface area contributed by atoms with Crippen LogP contribution in [0.1, 0.15) is 23.6 Å². The Morgan fingerprint density at radius 2 is 1.80 bits per heavy atom. The molecule has 11 heteroatoms. The first-order valence-corrected chi connectivity index (χ1v) is 11.3. The molecular weight excluding hydrogens is 480 g/mol. The van der Waals surface area contributed by atoms with Gasteiger partial charge in [0.25, 0.3) is 0 Å². The van der Waals surface area contributed by atoms with E-state index in [1.165, 1.54) is 6.07 Å². The molecule has 0 bridgehead atoms. The lowest BCUT2D eigenvalue weighted by Crippen LogP contribution is -2.57. The highest BCUT2D eigenvalue weighted by atomic mass is 35.5. The standard InChI is InChI=1S/C24H21ClN2O8/c1-11-2-4-13(9-14(11)25)27-21(30)18-19(22(27)31)24(23(32)33,10-17(28)29)26-20(18)12-3-5-15-16(8-12)35-7-6-34-15/h2-5,8-9,18-20,26H,6-7,10H2,1H3,(H,28,29)(H,32,33). The van der Waals surface area contributed by atoms with E-state index >= 15 is 0 Å². The summed E-state index contributed by atoms with van der Waals surface area (Å²) >= 11 is 6.22. The molecule has 0 saturated carbocycles. The predicted molar refractivity (Wildman–Crippen MR) is 122 cm³/mol. The Morgan fingerprint density at radius 3 is 2.46 bits per heavy atom. The molecule has 0 aromatic heterocycles. The van der Waals surface area contributed by atoms with Gasteiger partial charge in [0.2, 0.25) is 11.8 Å². The summed E-state index contributed by atoms with van der Waals surface area (Å²) in [5.41, 5.74) is -0.802. The molecule has 0 radical (unpaired) electrons. The molecule has 2 amide bonds. The molecule has 2 aromatic carbocycles. The van der Waals surface area contributed by atoms with Gasteiger partial charge in [0.05, 0.1) is 23.9 Å². The largest absolute Gasteiger partial charge is 0.486 e.